The summed E-state index contributed by atoms with van der Waals surface area (Å²) in [5, 5.41) is 3.15. The van der Waals surface area contributed by atoms with Crippen LogP contribution in [0.25, 0.3) is 0 Å². The van der Waals surface area contributed by atoms with Crippen LogP contribution in [0.1, 0.15) is 17.2 Å². The van der Waals surface area contributed by atoms with E-state index in [0.717, 1.165) is 23.4 Å². The summed E-state index contributed by atoms with van der Waals surface area (Å²) in [5.41, 5.74) is 2.11. The molecule has 2 aromatic carbocycles. The van der Waals surface area contributed by atoms with Crippen LogP contribution in [-0.4, -0.2) is 33.7 Å². The number of hydrogen-bond donors (Lipinski definition) is 2. The van der Waals surface area contributed by atoms with Crippen molar-refractivity contribution in [1.29, 1.82) is 0 Å². The fourth-order valence-electron chi connectivity index (χ4n) is 2.52. The molecule has 4 nitrogen and oxygen atoms in total. The Balaban J connectivity index is 2.02. The molecule has 0 aliphatic heterocycles. The quantitative estimate of drug-likeness (QED) is 0.808. The van der Waals surface area contributed by atoms with Crippen molar-refractivity contribution in [3.63, 3.8) is 0 Å². The first-order valence-electron chi connectivity index (χ1n) is 7.84. The number of amides is 1. The lowest BCUT2D eigenvalue weighted by molar-refractivity contribution is -0.860. The Morgan fingerprint density at radius 1 is 1.09 bits per heavy atom. The summed E-state index contributed by atoms with van der Waals surface area (Å²) in [4.78, 5) is 13.7. The van der Waals surface area contributed by atoms with Crippen molar-refractivity contribution in [2.24, 2.45) is 0 Å². The molecule has 4 heteroatoms. The van der Waals surface area contributed by atoms with Crippen LogP contribution in [0.5, 0.6) is 5.75 Å². The van der Waals surface area contributed by atoms with Gasteiger partial charge in [0.25, 0.3) is 0 Å². The van der Waals surface area contributed by atoms with Gasteiger partial charge in [0.05, 0.1) is 27.6 Å². The highest BCUT2D eigenvalue weighted by atomic mass is 16.5. The number of nitrogens with one attached hydrogen (secondary N) is 2. The molecule has 122 valence electrons. The van der Waals surface area contributed by atoms with Gasteiger partial charge >= 0.3 is 0 Å². The van der Waals surface area contributed by atoms with Gasteiger partial charge in [0.15, 0.2) is 0 Å². The number of quaternary nitrogens is 1. The van der Waals surface area contributed by atoms with E-state index in [-0.39, 0.29) is 11.9 Å². The Hall–Kier alpha value is -2.33. The smallest absolute Gasteiger partial charge is 0.225 e. The first kappa shape index (κ1) is 17.0. The van der Waals surface area contributed by atoms with Gasteiger partial charge < -0.3 is 15.0 Å². The lowest BCUT2D eigenvalue weighted by Gasteiger charge is -2.21. The van der Waals surface area contributed by atoms with E-state index >= 15 is 0 Å². The van der Waals surface area contributed by atoms with E-state index in [9.17, 15) is 4.79 Å². The minimum Gasteiger partial charge on any atom is -0.497 e. The van der Waals surface area contributed by atoms with Crippen LogP contribution in [0.2, 0.25) is 0 Å². The SMILES string of the molecule is COc1ccc(CC(=O)N[C@@H](C[NH+](C)C)c2ccccc2)cc1. The van der Waals surface area contributed by atoms with Crippen LogP contribution >= 0.6 is 0 Å². The van der Waals surface area contributed by atoms with Crippen LogP contribution in [0.3, 0.4) is 0 Å². The van der Waals surface area contributed by atoms with Gasteiger partial charge in [-0.25, -0.2) is 0 Å². The van der Waals surface area contributed by atoms with Crippen LogP contribution < -0.4 is 15.0 Å². The average Bonchev–Trinajstić information content (AvgIpc) is 2.55. The topological polar surface area (TPSA) is 42.8 Å². The van der Waals surface area contributed by atoms with Gasteiger partial charge in [0.2, 0.25) is 5.91 Å². The minimum atomic E-state index is 0.0203. The largest absolute Gasteiger partial charge is 0.497 e. The maximum absolute atomic E-state index is 12.4. The van der Waals surface area contributed by atoms with Crippen LogP contribution in [-0.2, 0) is 11.2 Å². The van der Waals surface area contributed by atoms with Crippen molar-refractivity contribution in [3.8, 4) is 5.75 Å². The van der Waals surface area contributed by atoms with Crippen LogP contribution in [0.15, 0.2) is 54.6 Å². The van der Waals surface area contributed by atoms with Gasteiger partial charge in [-0.05, 0) is 23.3 Å². The van der Waals surface area contributed by atoms with Crippen molar-refractivity contribution < 1.29 is 14.4 Å². The number of likely N-dealkylation sites (N-methyl/N-ethyl adjacent to an activating group) is 1. The molecule has 0 spiro atoms. The zero-order valence-electron chi connectivity index (χ0n) is 14.0. The van der Waals surface area contributed by atoms with Crippen molar-refractivity contribution in [2.75, 3.05) is 27.7 Å². The third-order valence-corrected chi connectivity index (χ3v) is 3.67. The lowest BCUT2D eigenvalue weighted by Crippen LogP contribution is -3.06. The molecule has 0 aromatic heterocycles. The van der Waals surface area contributed by atoms with Gasteiger partial charge in [-0.2, -0.15) is 0 Å². The Labute approximate surface area is 138 Å². The summed E-state index contributed by atoms with van der Waals surface area (Å²) in [7, 11) is 5.81. The fraction of sp³-hybridized carbons (Fsp3) is 0.316. The third kappa shape index (κ3) is 5.42. The highest BCUT2D eigenvalue weighted by molar-refractivity contribution is 5.79. The number of ether oxygens (including phenoxy) is 1. The maximum Gasteiger partial charge on any atom is 0.225 e. The standard InChI is InChI=1S/C19H24N2O2/c1-21(2)14-18(16-7-5-4-6-8-16)20-19(22)13-15-9-11-17(23-3)12-10-15/h4-12,18H,13-14H2,1-3H3,(H,20,22)/p+1/t18-/m0/s1. The molecule has 0 saturated heterocycles. The Kier molecular flexibility index (Phi) is 6.18. The zero-order chi connectivity index (χ0) is 16.7. The lowest BCUT2D eigenvalue weighted by atomic mass is 10.1. The number of rotatable bonds is 7. The average molecular weight is 313 g/mol. The van der Waals surface area contributed by atoms with Crippen LogP contribution in [0, 0.1) is 0 Å². The van der Waals surface area contributed by atoms with Crippen molar-refractivity contribution in [2.45, 2.75) is 12.5 Å². The summed E-state index contributed by atoms with van der Waals surface area (Å²) in [6, 6.07) is 17.7. The Morgan fingerprint density at radius 3 is 2.30 bits per heavy atom. The number of carbonyl (C=O) groups excluding carboxylic acids is 1. The molecule has 0 fully saturated rings. The zero-order valence-corrected chi connectivity index (χ0v) is 14.0. The third-order valence-electron chi connectivity index (χ3n) is 3.67. The molecule has 0 aliphatic carbocycles. The summed E-state index contributed by atoms with van der Waals surface area (Å²) in [6.45, 7) is 0.846. The molecule has 0 heterocycles. The minimum absolute atomic E-state index is 0.0203. The molecule has 0 bridgehead atoms. The molecule has 1 atom stereocenters. The fourth-order valence-corrected chi connectivity index (χ4v) is 2.52. The van der Waals surface area contributed by atoms with Crippen molar-refractivity contribution >= 4 is 5.91 Å². The summed E-state index contributed by atoms with van der Waals surface area (Å²) in [6.07, 6.45) is 0.371. The summed E-state index contributed by atoms with van der Waals surface area (Å²) < 4.78 is 5.14. The second-order valence-electron chi connectivity index (χ2n) is 5.97. The number of benzene rings is 2. The molecule has 2 N–H and O–H groups in total. The van der Waals surface area contributed by atoms with E-state index in [4.69, 9.17) is 4.74 Å². The molecule has 23 heavy (non-hydrogen) atoms. The van der Waals surface area contributed by atoms with Crippen molar-refractivity contribution in [1.82, 2.24) is 5.32 Å². The second-order valence-corrected chi connectivity index (χ2v) is 5.97. The van der Waals surface area contributed by atoms with E-state index in [2.05, 4.69) is 31.5 Å². The predicted octanol–water partition coefficient (Wildman–Crippen LogP) is 1.24. The van der Waals surface area contributed by atoms with Gasteiger partial charge in [-0.3, -0.25) is 4.79 Å². The number of methoxy groups -OCH3 is 1. The monoisotopic (exact) mass is 313 g/mol. The van der Waals surface area contributed by atoms with E-state index < -0.39 is 0 Å². The molecule has 2 rings (SSSR count). The number of hydrogen-bond acceptors (Lipinski definition) is 2. The van der Waals surface area contributed by atoms with Gasteiger partial charge in [0, 0.05) is 0 Å². The molecule has 2 aromatic rings. The molecular formula is C19H25N2O2+. The normalized spacial score (nSPS) is 12.0. The molecule has 0 radical (unpaired) electrons. The first-order valence-corrected chi connectivity index (χ1v) is 7.84. The number of carbonyl (C=O) groups is 1. The van der Waals surface area contributed by atoms with E-state index in [1.807, 2.05) is 42.5 Å². The van der Waals surface area contributed by atoms with E-state index in [0.29, 0.717) is 6.42 Å². The maximum atomic E-state index is 12.4. The predicted molar refractivity (Wildman–Crippen MR) is 91.7 cm³/mol. The summed E-state index contributed by atoms with van der Waals surface area (Å²) in [5.74, 6) is 0.831. The van der Waals surface area contributed by atoms with Crippen molar-refractivity contribution in [3.05, 3.63) is 65.7 Å². The van der Waals surface area contributed by atoms with Crippen LogP contribution in [0.4, 0.5) is 0 Å². The molecule has 0 unspecified atom stereocenters. The highest BCUT2D eigenvalue weighted by Gasteiger charge is 2.17. The molecule has 0 aliphatic rings. The van der Waals surface area contributed by atoms with Gasteiger partial charge in [-0.15, -0.1) is 0 Å². The Bertz CT molecular complexity index is 609. The second kappa shape index (κ2) is 8.34. The van der Waals surface area contributed by atoms with E-state index in [1.54, 1.807) is 7.11 Å². The van der Waals surface area contributed by atoms with Gasteiger partial charge in [0.1, 0.15) is 18.3 Å². The van der Waals surface area contributed by atoms with E-state index in [1.165, 1.54) is 4.90 Å². The molecule has 0 saturated carbocycles. The molecular weight excluding hydrogens is 288 g/mol. The first-order chi connectivity index (χ1) is 11.1. The molecule has 1 amide bonds. The van der Waals surface area contributed by atoms with Gasteiger partial charge in [-0.1, -0.05) is 42.5 Å². The summed E-state index contributed by atoms with van der Waals surface area (Å²) >= 11 is 0. The highest BCUT2D eigenvalue weighted by Crippen LogP contribution is 2.13. The Morgan fingerprint density at radius 2 is 1.74 bits per heavy atom.